The number of methoxy groups -OCH3 is 1. The van der Waals surface area contributed by atoms with Crippen molar-refractivity contribution in [2.75, 3.05) is 12.9 Å². The molecule has 0 aliphatic carbocycles. The molecule has 0 aliphatic rings. The maximum Gasteiger partial charge on any atom is 0.329 e. The van der Waals surface area contributed by atoms with Crippen molar-refractivity contribution >= 4 is 23.6 Å². The summed E-state index contributed by atoms with van der Waals surface area (Å²) in [6.45, 7) is 1.83. The number of esters is 1. The average molecular weight is 463 g/mol. The molecule has 172 valence electrons. The summed E-state index contributed by atoms with van der Waals surface area (Å²) in [5, 5.41) is 2.79. The molecular weight excluding hydrogens is 432 g/mol. The molecule has 0 spiro atoms. The van der Waals surface area contributed by atoms with Gasteiger partial charge in [-0.3, -0.25) is 4.79 Å². The van der Waals surface area contributed by atoms with Crippen LogP contribution in [0.1, 0.15) is 30.0 Å². The Morgan fingerprint density at radius 1 is 0.879 bits per heavy atom. The predicted molar refractivity (Wildman–Crippen MR) is 134 cm³/mol. The zero-order valence-corrected chi connectivity index (χ0v) is 19.8. The second-order valence-electron chi connectivity index (χ2n) is 7.69. The van der Waals surface area contributed by atoms with E-state index in [1.165, 1.54) is 7.11 Å². The van der Waals surface area contributed by atoms with E-state index >= 15 is 0 Å². The topological polar surface area (TPSA) is 81.4 Å². The summed E-state index contributed by atoms with van der Waals surface area (Å²) in [7, 11) is 1.32. The van der Waals surface area contributed by atoms with E-state index in [2.05, 4.69) is 41.7 Å². The Hall–Kier alpha value is -3.09. The number of rotatable bonds is 10. The number of hydrogen-bond acceptors (Lipinski definition) is 5. The minimum Gasteiger partial charge on any atom is -0.467 e. The van der Waals surface area contributed by atoms with Crippen molar-refractivity contribution in [3.05, 3.63) is 108 Å². The molecule has 3 aromatic rings. The first kappa shape index (κ1) is 24.6. The van der Waals surface area contributed by atoms with Crippen LogP contribution in [0.5, 0.6) is 0 Å². The SMILES string of the molecule is CCC(N)C(=O)N[C@@H](CSC(c1ccccc1)(c1ccccc1)c1ccccc1)C(=O)OC. The highest BCUT2D eigenvalue weighted by molar-refractivity contribution is 8.00. The Morgan fingerprint density at radius 2 is 1.30 bits per heavy atom. The zero-order chi connectivity index (χ0) is 23.7. The number of carbonyl (C=O) groups excluding carboxylic acids is 2. The third-order valence-corrected chi connectivity index (χ3v) is 7.23. The van der Waals surface area contributed by atoms with E-state index in [0.29, 0.717) is 12.2 Å². The Labute approximate surface area is 199 Å². The van der Waals surface area contributed by atoms with Crippen LogP contribution in [0.4, 0.5) is 0 Å². The highest BCUT2D eigenvalue weighted by Crippen LogP contribution is 2.48. The van der Waals surface area contributed by atoms with Crippen LogP contribution in [0, 0.1) is 0 Å². The van der Waals surface area contributed by atoms with Gasteiger partial charge in [-0.2, -0.15) is 0 Å². The molecule has 0 heterocycles. The molecule has 6 heteroatoms. The number of thioether (sulfide) groups is 1. The molecule has 5 nitrogen and oxygen atoms in total. The summed E-state index contributed by atoms with van der Waals surface area (Å²) < 4.78 is 4.40. The van der Waals surface area contributed by atoms with Gasteiger partial charge in [0.1, 0.15) is 6.04 Å². The highest BCUT2D eigenvalue weighted by atomic mass is 32.2. The van der Waals surface area contributed by atoms with Gasteiger partial charge in [-0.25, -0.2) is 4.79 Å². The standard InChI is InChI=1S/C27H30N2O3S/c1-3-23(28)25(30)29-24(26(31)32-2)19-33-27(20-13-7-4-8-14-20,21-15-9-5-10-16-21)22-17-11-6-12-18-22/h4-18,23-24H,3,19,28H2,1-2H3,(H,29,30)/t23?,24-/m0/s1. The van der Waals surface area contributed by atoms with Gasteiger partial charge in [-0.15, -0.1) is 11.8 Å². The molecule has 3 N–H and O–H groups in total. The van der Waals surface area contributed by atoms with E-state index in [9.17, 15) is 9.59 Å². The van der Waals surface area contributed by atoms with Crippen LogP contribution in [0.25, 0.3) is 0 Å². The van der Waals surface area contributed by atoms with Gasteiger partial charge in [0.25, 0.3) is 0 Å². The molecule has 1 amide bonds. The predicted octanol–water partition coefficient (Wildman–Crippen LogP) is 4.11. The van der Waals surface area contributed by atoms with Crippen LogP contribution in [0.2, 0.25) is 0 Å². The molecule has 0 radical (unpaired) electrons. The molecule has 0 aliphatic heterocycles. The summed E-state index contributed by atoms with van der Waals surface area (Å²) in [6, 6.07) is 29.0. The van der Waals surface area contributed by atoms with E-state index < -0.39 is 22.8 Å². The fourth-order valence-electron chi connectivity index (χ4n) is 3.75. The summed E-state index contributed by atoms with van der Waals surface area (Å²) in [6.07, 6.45) is 0.481. The maximum absolute atomic E-state index is 12.6. The van der Waals surface area contributed by atoms with Crippen LogP contribution >= 0.6 is 11.8 Å². The molecule has 1 unspecified atom stereocenters. The Morgan fingerprint density at radius 3 is 1.67 bits per heavy atom. The van der Waals surface area contributed by atoms with Crippen molar-refractivity contribution in [3.8, 4) is 0 Å². The number of carbonyl (C=O) groups is 2. The Kier molecular flexibility index (Phi) is 8.69. The fourth-order valence-corrected chi connectivity index (χ4v) is 5.30. The van der Waals surface area contributed by atoms with Gasteiger partial charge in [0.05, 0.1) is 17.9 Å². The van der Waals surface area contributed by atoms with Gasteiger partial charge in [0, 0.05) is 5.75 Å². The van der Waals surface area contributed by atoms with Crippen LogP contribution in [-0.2, 0) is 19.1 Å². The third-order valence-electron chi connectivity index (χ3n) is 5.59. The van der Waals surface area contributed by atoms with Gasteiger partial charge in [-0.1, -0.05) is 97.9 Å². The van der Waals surface area contributed by atoms with E-state index in [-0.39, 0.29) is 5.91 Å². The maximum atomic E-state index is 12.6. The molecule has 3 aromatic carbocycles. The molecule has 0 fully saturated rings. The van der Waals surface area contributed by atoms with E-state index in [4.69, 9.17) is 10.5 Å². The number of nitrogens with two attached hydrogens (primary N) is 1. The van der Waals surface area contributed by atoms with Gasteiger partial charge in [-0.05, 0) is 23.1 Å². The Bertz CT molecular complexity index is 932. The van der Waals surface area contributed by atoms with Crippen molar-refractivity contribution in [3.63, 3.8) is 0 Å². The van der Waals surface area contributed by atoms with Crippen LogP contribution in [-0.4, -0.2) is 36.8 Å². The number of benzene rings is 3. The van der Waals surface area contributed by atoms with Crippen molar-refractivity contribution in [1.82, 2.24) is 5.32 Å². The lowest BCUT2D eigenvalue weighted by molar-refractivity contribution is -0.144. The number of nitrogens with one attached hydrogen (secondary N) is 1. The molecular formula is C27H30N2O3S. The summed E-state index contributed by atoms with van der Waals surface area (Å²) >= 11 is 1.59. The van der Waals surface area contributed by atoms with Gasteiger partial charge in [0.2, 0.25) is 5.91 Å². The van der Waals surface area contributed by atoms with Crippen LogP contribution < -0.4 is 11.1 Å². The lowest BCUT2D eigenvalue weighted by atomic mass is 9.84. The zero-order valence-electron chi connectivity index (χ0n) is 18.9. The van der Waals surface area contributed by atoms with E-state index in [0.717, 1.165) is 16.7 Å². The average Bonchev–Trinajstić information content (AvgIpc) is 2.89. The third kappa shape index (κ3) is 5.64. The summed E-state index contributed by atoms with van der Waals surface area (Å²) in [5.41, 5.74) is 9.12. The molecule has 0 aromatic heterocycles. The van der Waals surface area contributed by atoms with E-state index in [1.807, 2.05) is 61.5 Å². The number of ether oxygens (including phenoxy) is 1. The largest absolute Gasteiger partial charge is 0.467 e. The van der Waals surface area contributed by atoms with Crippen molar-refractivity contribution in [1.29, 1.82) is 0 Å². The first-order valence-electron chi connectivity index (χ1n) is 11.0. The van der Waals surface area contributed by atoms with Gasteiger partial charge in [0.15, 0.2) is 0 Å². The summed E-state index contributed by atoms with van der Waals surface area (Å²) in [5.74, 6) is -0.562. The molecule has 33 heavy (non-hydrogen) atoms. The number of hydrogen-bond donors (Lipinski definition) is 2. The second kappa shape index (κ2) is 11.7. The Balaban J connectivity index is 2.07. The molecule has 0 bridgehead atoms. The second-order valence-corrected chi connectivity index (χ2v) is 8.92. The number of amides is 1. The molecule has 0 saturated heterocycles. The van der Waals surface area contributed by atoms with Crippen molar-refractivity contribution in [2.45, 2.75) is 30.2 Å². The van der Waals surface area contributed by atoms with E-state index in [1.54, 1.807) is 11.8 Å². The lowest BCUT2D eigenvalue weighted by Gasteiger charge is -2.36. The smallest absolute Gasteiger partial charge is 0.329 e. The fraction of sp³-hybridized carbons (Fsp3) is 0.259. The van der Waals surface area contributed by atoms with Crippen LogP contribution in [0.3, 0.4) is 0 Å². The quantitative estimate of drug-likeness (QED) is 0.350. The normalized spacial score (nSPS) is 13.1. The van der Waals surface area contributed by atoms with Gasteiger partial charge >= 0.3 is 5.97 Å². The van der Waals surface area contributed by atoms with Gasteiger partial charge < -0.3 is 15.8 Å². The minimum absolute atomic E-state index is 0.299. The van der Waals surface area contributed by atoms with Crippen molar-refractivity contribution < 1.29 is 14.3 Å². The molecule has 3 rings (SSSR count). The first-order chi connectivity index (χ1) is 16.0. The monoisotopic (exact) mass is 462 g/mol. The lowest BCUT2D eigenvalue weighted by Crippen LogP contribution is -2.50. The highest BCUT2D eigenvalue weighted by Gasteiger charge is 2.38. The minimum atomic E-state index is -0.833. The first-order valence-corrected chi connectivity index (χ1v) is 12.0. The molecule has 2 atom stereocenters. The molecule has 0 saturated carbocycles. The van der Waals surface area contributed by atoms with Crippen LogP contribution in [0.15, 0.2) is 91.0 Å². The summed E-state index contributed by atoms with van der Waals surface area (Å²) in [4.78, 5) is 25.1. The van der Waals surface area contributed by atoms with Crippen molar-refractivity contribution in [2.24, 2.45) is 5.73 Å².